The van der Waals surface area contributed by atoms with Crippen LogP contribution in [0.15, 0.2) is 36.9 Å². The first-order valence-corrected chi connectivity index (χ1v) is 8.29. The van der Waals surface area contributed by atoms with Gasteiger partial charge in [0.15, 0.2) is 17.0 Å². The minimum absolute atomic E-state index is 0.219. The van der Waals surface area contributed by atoms with Gasteiger partial charge in [0.2, 0.25) is 0 Å². The van der Waals surface area contributed by atoms with Crippen molar-refractivity contribution in [3.8, 4) is 5.75 Å². The first-order chi connectivity index (χ1) is 12.7. The van der Waals surface area contributed by atoms with Crippen molar-refractivity contribution in [1.29, 1.82) is 0 Å². The highest BCUT2D eigenvalue weighted by Crippen LogP contribution is 2.31. The minimum Gasteiger partial charge on any atom is -0.508 e. The van der Waals surface area contributed by atoms with Crippen LogP contribution in [0.4, 0.5) is 5.82 Å². The number of aromatic nitrogens is 4. The number of benzene rings is 1. The smallest absolute Gasteiger partial charge is 0.167 e. The number of aliphatic hydroxyl groups is 2. The SMILES string of the molecule is OC[C@H]1OC(n2cnc3c(NCc4ccc(O)cc4)ncnc32)C[C@@H]1O. The molecule has 3 heterocycles. The zero-order chi connectivity index (χ0) is 18.1. The number of anilines is 1. The van der Waals surface area contributed by atoms with Crippen LogP contribution in [0.25, 0.3) is 11.2 Å². The number of phenolic OH excluding ortho intramolecular Hbond substituents is 1. The maximum atomic E-state index is 9.93. The predicted octanol–water partition coefficient (Wildman–Crippen LogP) is 0.785. The molecule has 1 unspecified atom stereocenters. The Morgan fingerprint density at radius 1 is 1.19 bits per heavy atom. The number of aliphatic hydroxyl groups excluding tert-OH is 2. The number of nitrogens with one attached hydrogen (secondary N) is 1. The third-order valence-corrected chi connectivity index (χ3v) is 4.45. The van der Waals surface area contributed by atoms with Crippen molar-refractivity contribution in [3.05, 3.63) is 42.5 Å². The molecule has 1 fully saturated rings. The van der Waals surface area contributed by atoms with Gasteiger partial charge >= 0.3 is 0 Å². The van der Waals surface area contributed by atoms with Crippen LogP contribution >= 0.6 is 0 Å². The minimum atomic E-state index is -0.726. The maximum Gasteiger partial charge on any atom is 0.167 e. The second kappa shape index (κ2) is 6.87. The fourth-order valence-corrected chi connectivity index (χ4v) is 3.04. The number of phenols is 1. The van der Waals surface area contributed by atoms with E-state index in [1.54, 1.807) is 23.0 Å². The first-order valence-electron chi connectivity index (χ1n) is 8.29. The molecule has 9 heteroatoms. The van der Waals surface area contributed by atoms with Crippen LogP contribution in [0.3, 0.4) is 0 Å². The molecule has 1 saturated heterocycles. The Bertz CT molecular complexity index is 898. The summed E-state index contributed by atoms with van der Waals surface area (Å²) in [5.74, 6) is 0.802. The van der Waals surface area contributed by atoms with Crippen molar-refractivity contribution < 1.29 is 20.1 Å². The molecular weight excluding hydrogens is 338 g/mol. The van der Waals surface area contributed by atoms with Gasteiger partial charge in [-0.2, -0.15) is 0 Å². The molecule has 9 nitrogen and oxygen atoms in total. The number of aromatic hydroxyl groups is 1. The van der Waals surface area contributed by atoms with E-state index >= 15 is 0 Å². The molecule has 3 atom stereocenters. The summed E-state index contributed by atoms with van der Waals surface area (Å²) in [7, 11) is 0. The van der Waals surface area contributed by atoms with E-state index in [4.69, 9.17) is 4.74 Å². The topological polar surface area (TPSA) is 126 Å². The van der Waals surface area contributed by atoms with Crippen LogP contribution in [0.1, 0.15) is 18.2 Å². The molecule has 4 N–H and O–H groups in total. The number of rotatable bonds is 5. The van der Waals surface area contributed by atoms with Gasteiger partial charge in [0, 0.05) is 13.0 Å². The highest BCUT2D eigenvalue weighted by Gasteiger charge is 2.35. The first kappa shape index (κ1) is 16.7. The number of imidazole rings is 1. The van der Waals surface area contributed by atoms with E-state index in [0.717, 1.165) is 5.56 Å². The van der Waals surface area contributed by atoms with E-state index in [1.165, 1.54) is 6.33 Å². The van der Waals surface area contributed by atoms with Gasteiger partial charge in [-0.3, -0.25) is 4.57 Å². The number of hydrogen-bond donors (Lipinski definition) is 4. The Balaban J connectivity index is 1.56. The van der Waals surface area contributed by atoms with Crippen molar-refractivity contribution in [1.82, 2.24) is 19.5 Å². The van der Waals surface area contributed by atoms with Crippen LogP contribution in [0.5, 0.6) is 5.75 Å². The molecule has 2 aromatic heterocycles. The Morgan fingerprint density at radius 3 is 2.73 bits per heavy atom. The molecule has 0 radical (unpaired) electrons. The summed E-state index contributed by atoms with van der Waals surface area (Å²) in [6.07, 6.45) is 1.63. The fraction of sp³-hybridized carbons (Fsp3) is 0.353. The van der Waals surface area contributed by atoms with Crippen molar-refractivity contribution in [2.45, 2.75) is 31.4 Å². The number of hydrogen-bond acceptors (Lipinski definition) is 8. The highest BCUT2D eigenvalue weighted by molar-refractivity contribution is 5.82. The van der Waals surface area contributed by atoms with E-state index < -0.39 is 18.4 Å². The number of ether oxygens (including phenoxy) is 1. The predicted molar refractivity (Wildman–Crippen MR) is 92.4 cm³/mol. The van der Waals surface area contributed by atoms with Crippen LogP contribution in [-0.2, 0) is 11.3 Å². The molecule has 1 aliphatic rings. The molecule has 0 aliphatic carbocycles. The Kier molecular flexibility index (Phi) is 4.41. The van der Waals surface area contributed by atoms with Crippen molar-refractivity contribution in [3.63, 3.8) is 0 Å². The summed E-state index contributed by atoms with van der Waals surface area (Å²) < 4.78 is 7.41. The Morgan fingerprint density at radius 2 is 2.00 bits per heavy atom. The van der Waals surface area contributed by atoms with E-state index in [9.17, 15) is 15.3 Å². The summed E-state index contributed by atoms with van der Waals surface area (Å²) in [5.41, 5.74) is 2.17. The summed E-state index contributed by atoms with van der Waals surface area (Å²) >= 11 is 0. The van der Waals surface area contributed by atoms with Crippen LogP contribution in [-0.4, -0.2) is 53.7 Å². The quantitative estimate of drug-likeness (QED) is 0.528. The van der Waals surface area contributed by atoms with E-state index in [1.807, 2.05) is 12.1 Å². The second-order valence-corrected chi connectivity index (χ2v) is 6.18. The molecule has 0 bridgehead atoms. The maximum absolute atomic E-state index is 9.93. The Labute approximate surface area is 148 Å². The van der Waals surface area contributed by atoms with Gasteiger partial charge in [-0.15, -0.1) is 0 Å². The second-order valence-electron chi connectivity index (χ2n) is 6.18. The molecule has 1 aliphatic heterocycles. The lowest BCUT2D eigenvalue weighted by Gasteiger charge is -2.13. The van der Waals surface area contributed by atoms with E-state index in [-0.39, 0.29) is 12.4 Å². The summed E-state index contributed by atoms with van der Waals surface area (Å²) in [6, 6.07) is 6.90. The highest BCUT2D eigenvalue weighted by atomic mass is 16.5. The number of fused-ring (bicyclic) bond motifs is 1. The van der Waals surface area contributed by atoms with Crippen LogP contribution < -0.4 is 5.32 Å². The standard InChI is InChI=1S/C17H19N5O4/c23-7-13-12(25)5-14(26-13)22-9-21-15-16(19-8-20-17(15)22)18-6-10-1-3-11(24)4-2-10/h1-4,8-9,12-14,23-25H,5-7H2,(H,18,19,20)/t12-,13+,14?/m0/s1. The van der Waals surface area contributed by atoms with Gasteiger partial charge in [0.1, 0.15) is 24.4 Å². The lowest BCUT2D eigenvalue weighted by atomic mass is 10.2. The van der Waals surface area contributed by atoms with E-state index in [0.29, 0.717) is 29.9 Å². The monoisotopic (exact) mass is 357 g/mol. The van der Waals surface area contributed by atoms with Crippen molar-refractivity contribution >= 4 is 17.0 Å². The summed E-state index contributed by atoms with van der Waals surface area (Å²) in [5, 5.41) is 31.7. The molecule has 26 heavy (non-hydrogen) atoms. The third kappa shape index (κ3) is 3.07. The average Bonchev–Trinajstić information content (AvgIpc) is 3.24. The van der Waals surface area contributed by atoms with Crippen molar-refractivity contribution in [2.75, 3.05) is 11.9 Å². The zero-order valence-electron chi connectivity index (χ0n) is 13.9. The molecule has 3 aromatic rings. The van der Waals surface area contributed by atoms with Crippen LogP contribution in [0, 0.1) is 0 Å². The average molecular weight is 357 g/mol. The van der Waals surface area contributed by atoms with E-state index in [2.05, 4.69) is 20.3 Å². The molecule has 1 aromatic carbocycles. The molecule has 0 amide bonds. The largest absolute Gasteiger partial charge is 0.508 e. The molecular formula is C17H19N5O4. The zero-order valence-corrected chi connectivity index (χ0v) is 13.9. The number of nitrogens with zero attached hydrogens (tertiary/aromatic N) is 4. The van der Waals surface area contributed by atoms with Crippen LogP contribution in [0.2, 0.25) is 0 Å². The Hall–Kier alpha value is -2.75. The third-order valence-electron chi connectivity index (χ3n) is 4.45. The van der Waals surface area contributed by atoms with Gasteiger partial charge in [0.05, 0.1) is 19.0 Å². The lowest BCUT2D eigenvalue weighted by molar-refractivity contribution is -0.0432. The fourth-order valence-electron chi connectivity index (χ4n) is 3.04. The molecule has 136 valence electrons. The van der Waals surface area contributed by atoms with Gasteiger partial charge < -0.3 is 25.4 Å². The molecule has 0 spiro atoms. The van der Waals surface area contributed by atoms with Gasteiger partial charge in [-0.1, -0.05) is 12.1 Å². The molecule has 0 saturated carbocycles. The summed E-state index contributed by atoms with van der Waals surface area (Å²) in [6.45, 7) is 0.281. The normalized spacial score (nSPS) is 22.8. The van der Waals surface area contributed by atoms with Gasteiger partial charge in [0.25, 0.3) is 0 Å². The molecule has 4 rings (SSSR count). The van der Waals surface area contributed by atoms with Crippen molar-refractivity contribution in [2.24, 2.45) is 0 Å². The van der Waals surface area contributed by atoms with Gasteiger partial charge in [-0.05, 0) is 17.7 Å². The lowest BCUT2D eigenvalue weighted by Crippen LogP contribution is -2.24. The summed E-state index contributed by atoms with van der Waals surface area (Å²) in [4.78, 5) is 12.9. The van der Waals surface area contributed by atoms with Gasteiger partial charge in [-0.25, -0.2) is 15.0 Å².